The first-order valence-corrected chi connectivity index (χ1v) is 5.73. The molecule has 1 atom stereocenters. The maximum Gasteiger partial charge on any atom is 0.165 e. The van der Waals surface area contributed by atoms with Gasteiger partial charge in [0.2, 0.25) is 0 Å². The number of rotatable bonds is 3. The predicted octanol–water partition coefficient (Wildman–Crippen LogP) is 3.43. The van der Waals surface area contributed by atoms with Crippen LogP contribution >= 0.6 is 0 Å². The molecule has 0 spiro atoms. The van der Waals surface area contributed by atoms with Crippen LogP contribution in [0.1, 0.15) is 20.3 Å². The molecule has 0 bridgehead atoms. The summed E-state index contributed by atoms with van der Waals surface area (Å²) in [6, 6.07) is 8.61. The fraction of sp³-hybridized carbons (Fsp3) is 0.286. The van der Waals surface area contributed by atoms with Gasteiger partial charge in [0.05, 0.1) is 6.10 Å². The number of benzene rings is 2. The number of hydrogen-bond acceptors (Lipinski definition) is 3. The molecule has 2 aromatic rings. The zero-order valence-electron chi connectivity index (χ0n) is 9.97. The van der Waals surface area contributed by atoms with Crippen molar-refractivity contribution in [3.05, 3.63) is 30.3 Å². The third kappa shape index (κ3) is 2.13. The fourth-order valence-electron chi connectivity index (χ4n) is 1.71. The Morgan fingerprint density at radius 1 is 1.18 bits per heavy atom. The Kier molecular flexibility index (Phi) is 3.09. The average Bonchev–Trinajstić information content (AvgIpc) is 2.35. The van der Waals surface area contributed by atoms with E-state index in [0.717, 1.165) is 6.42 Å². The smallest absolute Gasteiger partial charge is 0.165 e. The van der Waals surface area contributed by atoms with Crippen molar-refractivity contribution >= 4 is 10.8 Å². The molecule has 0 aliphatic carbocycles. The number of phenolic OH excluding ortho intramolecular Hbond substituents is 2. The Bertz CT molecular complexity index is 534. The van der Waals surface area contributed by atoms with E-state index in [2.05, 4.69) is 0 Å². The Morgan fingerprint density at radius 3 is 2.47 bits per heavy atom. The summed E-state index contributed by atoms with van der Waals surface area (Å²) in [7, 11) is 0. The van der Waals surface area contributed by atoms with Crippen LogP contribution in [-0.4, -0.2) is 16.3 Å². The third-order valence-electron chi connectivity index (χ3n) is 2.86. The first-order valence-electron chi connectivity index (χ1n) is 5.73. The van der Waals surface area contributed by atoms with E-state index in [0.29, 0.717) is 16.5 Å². The van der Waals surface area contributed by atoms with Gasteiger partial charge in [0, 0.05) is 16.8 Å². The van der Waals surface area contributed by atoms with Crippen LogP contribution < -0.4 is 4.74 Å². The standard InChI is InChI=1S/C14H16O3/c1-3-9(2)17-13-8-12(15)10-6-4-5-7-11(10)14(13)16/h4-9,15-16H,3H2,1-2H3. The van der Waals surface area contributed by atoms with Crippen molar-refractivity contribution in [2.24, 2.45) is 0 Å². The van der Waals surface area contributed by atoms with E-state index in [1.807, 2.05) is 26.0 Å². The largest absolute Gasteiger partial charge is 0.507 e. The van der Waals surface area contributed by atoms with Crippen LogP contribution in [0.5, 0.6) is 17.2 Å². The van der Waals surface area contributed by atoms with Crippen LogP contribution in [-0.2, 0) is 0 Å². The van der Waals surface area contributed by atoms with Gasteiger partial charge in [-0.25, -0.2) is 0 Å². The summed E-state index contributed by atoms with van der Waals surface area (Å²) in [5.41, 5.74) is 0. The summed E-state index contributed by atoms with van der Waals surface area (Å²) in [5, 5.41) is 21.2. The van der Waals surface area contributed by atoms with E-state index < -0.39 is 0 Å². The summed E-state index contributed by atoms with van der Waals surface area (Å²) in [4.78, 5) is 0. The lowest BCUT2D eigenvalue weighted by molar-refractivity contribution is 0.209. The van der Waals surface area contributed by atoms with Crippen molar-refractivity contribution in [1.29, 1.82) is 0 Å². The molecule has 2 aromatic carbocycles. The van der Waals surface area contributed by atoms with Crippen molar-refractivity contribution in [3.63, 3.8) is 0 Å². The van der Waals surface area contributed by atoms with Crippen LogP contribution in [0.4, 0.5) is 0 Å². The van der Waals surface area contributed by atoms with Crippen molar-refractivity contribution < 1.29 is 14.9 Å². The minimum atomic E-state index is 0.00135. The van der Waals surface area contributed by atoms with Gasteiger partial charge >= 0.3 is 0 Å². The lowest BCUT2D eigenvalue weighted by atomic mass is 10.1. The Hall–Kier alpha value is -1.90. The predicted molar refractivity (Wildman–Crippen MR) is 67.7 cm³/mol. The summed E-state index contributed by atoms with van der Waals surface area (Å²) < 4.78 is 5.57. The molecule has 0 fully saturated rings. The number of aromatic hydroxyl groups is 2. The molecule has 1 unspecified atom stereocenters. The highest BCUT2D eigenvalue weighted by molar-refractivity contribution is 5.95. The lowest BCUT2D eigenvalue weighted by Gasteiger charge is -2.15. The molecule has 0 saturated heterocycles. The Morgan fingerprint density at radius 2 is 1.82 bits per heavy atom. The molecule has 3 heteroatoms. The maximum absolute atomic E-state index is 10.1. The van der Waals surface area contributed by atoms with Gasteiger partial charge in [-0.05, 0) is 13.3 Å². The summed E-state index contributed by atoms with van der Waals surface area (Å²) in [6.45, 7) is 3.92. The molecule has 0 radical (unpaired) electrons. The topological polar surface area (TPSA) is 49.7 Å². The number of fused-ring (bicyclic) bond motifs is 1. The van der Waals surface area contributed by atoms with E-state index in [1.54, 1.807) is 12.1 Å². The number of phenols is 2. The number of hydrogen-bond donors (Lipinski definition) is 2. The van der Waals surface area contributed by atoms with Gasteiger partial charge in [0.1, 0.15) is 5.75 Å². The lowest BCUT2D eigenvalue weighted by Crippen LogP contribution is -2.09. The second kappa shape index (κ2) is 4.53. The molecular weight excluding hydrogens is 216 g/mol. The highest BCUT2D eigenvalue weighted by Crippen LogP contribution is 2.40. The van der Waals surface area contributed by atoms with Gasteiger partial charge in [0.15, 0.2) is 11.5 Å². The van der Waals surface area contributed by atoms with Crippen molar-refractivity contribution in [1.82, 2.24) is 0 Å². The molecule has 17 heavy (non-hydrogen) atoms. The molecular formula is C14H16O3. The molecule has 0 aliphatic heterocycles. The van der Waals surface area contributed by atoms with Gasteiger partial charge in [-0.15, -0.1) is 0 Å². The molecule has 0 saturated carbocycles. The van der Waals surface area contributed by atoms with Crippen LogP contribution in [0.2, 0.25) is 0 Å². The normalized spacial score (nSPS) is 12.6. The van der Waals surface area contributed by atoms with Crippen molar-refractivity contribution in [2.75, 3.05) is 0 Å². The molecule has 90 valence electrons. The fourth-order valence-corrected chi connectivity index (χ4v) is 1.71. The summed E-state index contributed by atoms with van der Waals surface area (Å²) >= 11 is 0. The van der Waals surface area contributed by atoms with E-state index >= 15 is 0 Å². The van der Waals surface area contributed by atoms with E-state index in [1.165, 1.54) is 6.07 Å². The molecule has 0 heterocycles. The van der Waals surface area contributed by atoms with E-state index in [-0.39, 0.29) is 17.6 Å². The number of ether oxygens (including phenoxy) is 1. The first-order chi connectivity index (χ1) is 8.13. The van der Waals surface area contributed by atoms with E-state index in [4.69, 9.17) is 4.74 Å². The van der Waals surface area contributed by atoms with Gasteiger partial charge in [-0.2, -0.15) is 0 Å². The maximum atomic E-state index is 10.1. The Balaban J connectivity index is 2.55. The SMILES string of the molecule is CCC(C)Oc1cc(O)c2ccccc2c1O. The molecule has 2 rings (SSSR count). The first kappa shape index (κ1) is 11.6. The van der Waals surface area contributed by atoms with Gasteiger partial charge in [-0.1, -0.05) is 31.2 Å². The average molecular weight is 232 g/mol. The van der Waals surface area contributed by atoms with Gasteiger partial charge in [-0.3, -0.25) is 0 Å². The quantitative estimate of drug-likeness (QED) is 0.797. The molecule has 0 aromatic heterocycles. The highest BCUT2D eigenvalue weighted by Gasteiger charge is 2.13. The third-order valence-corrected chi connectivity index (χ3v) is 2.86. The molecule has 0 aliphatic rings. The minimum absolute atomic E-state index is 0.00135. The van der Waals surface area contributed by atoms with E-state index in [9.17, 15) is 10.2 Å². The van der Waals surface area contributed by atoms with Crippen LogP contribution in [0.3, 0.4) is 0 Å². The van der Waals surface area contributed by atoms with Crippen molar-refractivity contribution in [3.8, 4) is 17.2 Å². The molecule has 2 N–H and O–H groups in total. The summed E-state index contributed by atoms with van der Waals surface area (Å²) in [6.07, 6.45) is 0.842. The minimum Gasteiger partial charge on any atom is -0.507 e. The molecule has 0 amide bonds. The monoisotopic (exact) mass is 232 g/mol. The zero-order valence-corrected chi connectivity index (χ0v) is 9.97. The van der Waals surface area contributed by atoms with Gasteiger partial charge < -0.3 is 14.9 Å². The molecule has 3 nitrogen and oxygen atoms in total. The highest BCUT2D eigenvalue weighted by atomic mass is 16.5. The second-order valence-electron chi connectivity index (χ2n) is 4.12. The van der Waals surface area contributed by atoms with Gasteiger partial charge in [0.25, 0.3) is 0 Å². The zero-order chi connectivity index (χ0) is 12.4. The second-order valence-corrected chi connectivity index (χ2v) is 4.12. The van der Waals surface area contributed by atoms with Crippen LogP contribution in [0.15, 0.2) is 30.3 Å². The van der Waals surface area contributed by atoms with Crippen LogP contribution in [0.25, 0.3) is 10.8 Å². The van der Waals surface area contributed by atoms with Crippen LogP contribution in [0, 0.1) is 0 Å². The van der Waals surface area contributed by atoms with Crippen molar-refractivity contribution in [2.45, 2.75) is 26.4 Å². The summed E-state index contributed by atoms with van der Waals surface area (Å²) in [5.74, 6) is 0.533. The Labute approximate surface area is 100 Å².